The standard InChI is InChI=1S/C23H29FN2O4S/c1-15(2)10-11-26-19-13-18(7-8-20(19)30-14-23(4,5)22(26)27)25-31(28,29)21-9-6-17(24)12-16(21)3/h6-9,12-13,15,25H,10-11,14H2,1-5H3. The van der Waals surface area contributed by atoms with Crippen LogP contribution >= 0.6 is 0 Å². The Labute approximate surface area is 183 Å². The number of hydrogen-bond donors (Lipinski definition) is 1. The van der Waals surface area contributed by atoms with Crippen molar-refractivity contribution in [1.29, 1.82) is 0 Å². The predicted molar refractivity (Wildman–Crippen MR) is 119 cm³/mol. The van der Waals surface area contributed by atoms with Crippen molar-refractivity contribution in [2.75, 3.05) is 22.8 Å². The number of carbonyl (C=O) groups excluding carboxylic acids is 1. The van der Waals surface area contributed by atoms with Gasteiger partial charge in [-0.05, 0) is 75.1 Å². The summed E-state index contributed by atoms with van der Waals surface area (Å²) in [6.45, 7) is 10.1. The molecule has 2 aromatic carbocycles. The highest BCUT2D eigenvalue weighted by molar-refractivity contribution is 7.92. The second-order valence-corrected chi connectivity index (χ2v) is 10.7. The van der Waals surface area contributed by atoms with Crippen molar-refractivity contribution in [3.8, 4) is 5.75 Å². The van der Waals surface area contributed by atoms with Gasteiger partial charge in [-0.25, -0.2) is 12.8 Å². The van der Waals surface area contributed by atoms with E-state index in [4.69, 9.17) is 4.74 Å². The summed E-state index contributed by atoms with van der Waals surface area (Å²) >= 11 is 0. The summed E-state index contributed by atoms with van der Waals surface area (Å²) < 4.78 is 47.6. The third-order valence-corrected chi connectivity index (χ3v) is 6.81. The molecule has 1 amide bonds. The lowest BCUT2D eigenvalue weighted by Gasteiger charge is -2.28. The van der Waals surface area contributed by atoms with Crippen molar-refractivity contribution in [3.63, 3.8) is 0 Å². The molecule has 8 heteroatoms. The van der Waals surface area contributed by atoms with E-state index in [9.17, 15) is 17.6 Å². The lowest BCUT2D eigenvalue weighted by Crippen LogP contribution is -2.42. The molecule has 3 rings (SSSR count). The number of benzene rings is 2. The quantitative estimate of drug-likeness (QED) is 0.693. The van der Waals surface area contributed by atoms with Crippen LogP contribution in [-0.4, -0.2) is 27.5 Å². The number of hydrogen-bond acceptors (Lipinski definition) is 4. The summed E-state index contributed by atoms with van der Waals surface area (Å²) in [5, 5.41) is 0. The maximum absolute atomic E-state index is 13.4. The van der Waals surface area contributed by atoms with Gasteiger partial charge >= 0.3 is 0 Å². The summed E-state index contributed by atoms with van der Waals surface area (Å²) in [5.41, 5.74) is 0.433. The topological polar surface area (TPSA) is 75.7 Å². The van der Waals surface area contributed by atoms with E-state index in [0.717, 1.165) is 12.5 Å². The molecule has 0 saturated carbocycles. The molecule has 1 aliphatic rings. The van der Waals surface area contributed by atoms with Crippen molar-refractivity contribution in [2.45, 2.75) is 45.9 Å². The van der Waals surface area contributed by atoms with Gasteiger partial charge in [0.15, 0.2) is 0 Å². The van der Waals surface area contributed by atoms with Crippen molar-refractivity contribution < 1.29 is 22.3 Å². The van der Waals surface area contributed by atoms with Crippen LogP contribution in [-0.2, 0) is 14.8 Å². The van der Waals surface area contributed by atoms with Crippen LogP contribution in [0.25, 0.3) is 0 Å². The molecular weight excluding hydrogens is 419 g/mol. The number of sulfonamides is 1. The van der Waals surface area contributed by atoms with Crippen LogP contribution in [0.3, 0.4) is 0 Å². The molecule has 0 saturated heterocycles. The van der Waals surface area contributed by atoms with Gasteiger partial charge in [-0.2, -0.15) is 0 Å². The van der Waals surface area contributed by atoms with Gasteiger partial charge in [0.1, 0.15) is 18.2 Å². The number of anilines is 2. The fourth-order valence-electron chi connectivity index (χ4n) is 3.44. The van der Waals surface area contributed by atoms with Crippen LogP contribution in [0.5, 0.6) is 5.75 Å². The second-order valence-electron chi connectivity index (χ2n) is 9.01. The molecular formula is C23H29FN2O4S. The maximum atomic E-state index is 13.4. The van der Waals surface area contributed by atoms with E-state index < -0.39 is 21.3 Å². The van der Waals surface area contributed by atoms with E-state index in [2.05, 4.69) is 18.6 Å². The second kappa shape index (κ2) is 8.49. The zero-order valence-electron chi connectivity index (χ0n) is 18.5. The number of ether oxygens (including phenoxy) is 1. The number of carbonyl (C=O) groups is 1. The molecule has 2 aromatic rings. The molecule has 31 heavy (non-hydrogen) atoms. The Kier molecular flexibility index (Phi) is 6.32. The summed E-state index contributed by atoms with van der Waals surface area (Å²) in [5.74, 6) is 0.358. The van der Waals surface area contributed by atoms with E-state index in [1.54, 1.807) is 23.1 Å². The van der Waals surface area contributed by atoms with E-state index in [1.165, 1.54) is 19.1 Å². The number of aryl methyl sites for hydroxylation is 1. The molecule has 1 N–H and O–H groups in total. The first kappa shape index (κ1) is 23.1. The van der Waals surface area contributed by atoms with Gasteiger partial charge in [0, 0.05) is 6.54 Å². The van der Waals surface area contributed by atoms with Gasteiger partial charge in [0.2, 0.25) is 5.91 Å². The highest BCUT2D eigenvalue weighted by Gasteiger charge is 2.37. The summed E-state index contributed by atoms with van der Waals surface area (Å²) in [7, 11) is -3.94. The molecule has 6 nitrogen and oxygen atoms in total. The fourth-order valence-corrected chi connectivity index (χ4v) is 4.72. The van der Waals surface area contributed by atoms with Gasteiger partial charge in [-0.15, -0.1) is 0 Å². The van der Waals surface area contributed by atoms with Crippen LogP contribution < -0.4 is 14.4 Å². The molecule has 0 unspecified atom stereocenters. The smallest absolute Gasteiger partial charge is 0.262 e. The molecule has 0 aromatic heterocycles. The van der Waals surface area contributed by atoms with Crippen molar-refractivity contribution in [1.82, 2.24) is 0 Å². The Morgan fingerprint density at radius 1 is 1.19 bits per heavy atom. The molecule has 0 aliphatic carbocycles. The summed E-state index contributed by atoms with van der Waals surface area (Å²) in [4.78, 5) is 14.9. The Hall–Kier alpha value is -2.61. The van der Waals surface area contributed by atoms with E-state index >= 15 is 0 Å². The Balaban J connectivity index is 1.99. The molecule has 1 heterocycles. The number of halogens is 1. The lowest BCUT2D eigenvalue weighted by atomic mass is 9.92. The largest absolute Gasteiger partial charge is 0.490 e. The summed E-state index contributed by atoms with van der Waals surface area (Å²) in [6.07, 6.45) is 0.798. The first-order valence-electron chi connectivity index (χ1n) is 10.3. The monoisotopic (exact) mass is 448 g/mol. The van der Waals surface area contributed by atoms with Gasteiger partial charge in [0.05, 0.1) is 21.7 Å². The molecule has 0 radical (unpaired) electrons. The molecule has 0 spiro atoms. The fraction of sp³-hybridized carbons (Fsp3) is 0.435. The Morgan fingerprint density at radius 2 is 1.90 bits per heavy atom. The highest BCUT2D eigenvalue weighted by Crippen LogP contribution is 2.39. The average molecular weight is 449 g/mol. The average Bonchev–Trinajstić information content (AvgIpc) is 2.74. The molecule has 1 aliphatic heterocycles. The number of nitrogens with one attached hydrogen (secondary N) is 1. The zero-order chi connectivity index (χ0) is 23.0. The predicted octanol–water partition coefficient (Wildman–Crippen LogP) is 4.73. The SMILES string of the molecule is Cc1cc(F)ccc1S(=O)(=O)Nc1ccc2c(c1)N(CCC(C)C)C(=O)C(C)(C)CO2. The normalized spacial score (nSPS) is 16.0. The molecule has 168 valence electrons. The van der Waals surface area contributed by atoms with E-state index in [-0.39, 0.29) is 17.4 Å². The Morgan fingerprint density at radius 3 is 2.55 bits per heavy atom. The molecule has 0 fully saturated rings. The Bertz CT molecular complexity index is 1100. The van der Waals surface area contributed by atoms with Crippen LogP contribution in [0.1, 0.15) is 39.7 Å². The van der Waals surface area contributed by atoms with Crippen LogP contribution in [0.2, 0.25) is 0 Å². The van der Waals surface area contributed by atoms with E-state index in [1.807, 2.05) is 13.8 Å². The zero-order valence-corrected chi connectivity index (χ0v) is 19.3. The minimum atomic E-state index is -3.94. The third-order valence-electron chi connectivity index (χ3n) is 5.27. The first-order chi connectivity index (χ1) is 14.4. The number of fused-ring (bicyclic) bond motifs is 1. The van der Waals surface area contributed by atoms with Crippen LogP contribution in [0.4, 0.5) is 15.8 Å². The van der Waals surface area contributed by atoms with Crippen LogP contribution in [0, 0.1) is 24.1 Å². The molecule has 0 bridgehead atoms. The van der Waals surface area contributed by atoms with Crippen molar-refractivity contribution in [2.24, 2.45) is 11.3 Å². The first-order valence-corrected chi connectivity index (χ1v) is 11.8. The van der Waals surface area contributed by atoms with Crippen molar-refractivity contribution >= 4 is 27.3 Å². The third kappa shape index (κ3) is 5.01. The number of nitrogens with zero attached hydrogens (tertiary/aromatic N) is 1. The van der Waals surface area contributed by atoms with Gasteiger partial charge in [0.25, 0.3) is 10.0 Å². The van der Waals surface area contributed by atoms with Crippen molar-refractivity contribution in [3.05, 3.63) is 47.8 Å². The van der Waals surface area contributed by atoms with Gasteiger partial charge in [-0.3, -0.25) is 9.52 Å². The summed E-state index contributed by atoms with van der Waals surface area (Å²) in [6, 6.07) is 8.40. The number of amides is 1. The molecule has 0 atom stereocenters. The highest BCUT2D eigenvalue weighted by atomic mass is 32.2. The maximum Gasteiger partial charge on any atom is 0.262 e. The minimum absolute atomic E-state index is 0.00559. The van der Waals surface area contributed by atoms with E-state index in [0.29, 0.717) is 35.2 Å². The minimum Gasteiger partial charge on any atom is -0.490 e. The van der Waals surface area contributed by atoms with Gasteiger partial charge in [-0.1, -0.05) is 13.8 Å². The lowest BCUT2D eigenvalue weighted by molar-refractivity contribution is -0.127. The number of rotatable bonds is 6. The van der Waals surface area contributed by atoms with Crippen LogP contribution in [0.15, 0.2) is 41.3 Å². The van der Waals surface area contributed by atoms with Gasteiger partial charge < -0.3 is 9.64 Å².